The fraction of sp³-hybridized carbons (Fsp3) is 0.440. The molecule has 2 aromatic heterocycles. The summed E-state index contributed by atoms with van der Waals surface area (Å²) < 4.78 is 0. The second-order valence-electron chi connectivity index (χ2n) is 16.7. The molecule has 0 spiro atoms. The Kier molecular flexibility index (Phi) is 16.3. The lowest BCUT2D eigenvalue weighted by Crippen LogP contribution is -2.38. The first kappa shape index (κ1) is 43.9. The Hall–Kier alpha value is -5.24. The van der Waals surface area contributed by atoms with Crippen molar-refractivity contribution in [3.8, 4) is 22.4 Å². The summed E-state index contributed by atoms with van der Waals surface area (Å²) in [5.74, 6) is 2.38. The topological polar surface area (TPSA) is 87.9 Å². The van der Waals surface area contributed by atoms with E-state index in [1.807, 2.05) is 12.4 Å². The first-order valence-electron chi connectivity index (χ1n) is 21.7. The van der Waals surface area contributed by atoms with Gasteiger partial charge in [0.1, 0.15) is 5.82 Å². The van der Waals surface area contributed by atoms with Gasteiger partial charge < -0.3 is 30.4 Å². The summed E-state index contributed by atoms with van der Waals surface area (Å²) >= 11 is 0. The van der Waals surface area contributed by atoms with Gasteiger partial charge in [-0.1, -0.05) is 98.2 Å². The lowest BCUT2D eigenvalue weighted by atomic mass is 9.99. The number of likely N-dealkylation sites (tertiary alicyclic amines) is 2. The molecule has 2 atom stereocenters. The molecule has 5 aromatic rings. The van der Waals surface area contributed by atoms with Gasteiger partial charge in [-0.2, -0.15) is 0 Å². The van der Waals surface area contributed by atoms with E-state index in [9.17, 15) is 0 Å². The van der Waals surface area contributed by atoms with Crippen LogP contribution in [0.25, 0.3) is 44.2 Å². The first-order chi connectivity index (χ1) is 28.0. The van der Waals surface area contributed by atoms with Crippen LogP contribution in [0.5, 0.6) is 0 Å². The highest BCUT2D eigenvalue weighted by Gasteiger charge is 2.32. The Morgan fingerprint density at radius 3 is 2.14 bits per heavy atom. The van der Waals surface area contributed by atoms with Crippen LogP contribution in [0.4, 0.5) is 0 Å². The average molecular weight is 783 g/mol. The summed E-state index contributed by atoms with van der Waals surface area (Å²) in [4.78, 5) is 20.8. The van der Waals surface area contributed by atoms with E-state index in [-0.39, 0.29) is 12.1 Å². The number of fused-ring (bicyclic) bond motifs is 2. The van der Waals surface area contributed by atoms with Crippen LogP contribution < -0.4 is 10.6 Å². The van der Waals surface area contributed by atoms with Crippen molar-refractivity contribution in [1.29, 1.82) is 0 Å². The summed E-state index contributed by atoms with van der Waals surface area (Å²) in [6.07, 6.45) is 14.6. The SMILES string of the molecule is C=C(CC)NCCC(C)C.C=C(CC)N[C@@H](CC(C)C)C(=C)N1CCC[C@H]1c1nc2ccc(-c3ccc4cc(-c5cnc[nH]5)ccc4c3)cc2[nH]1.C=CN1CCCC1. The van der Waals surface area contributed by atoms with Crippen LogP contribution in [0, 0.1) is 11.8 Å². The summed E-state index contributed by atoms with van der Waals surface area (Å²) in [5.41, 5.74) is 9.97. The third kappa shape index (κ3) is 12.1. The Labute approximate surface area is 349 Å². The van der Waals surface area contributed by atoms with Gasteiger partial charge in [0, 0.05) is 48.8 Å². The number of aromatic amines is 2. The minimum atomic E-state index is 0.183. The number of aromatic nitrogens is 4. The number of imidazole rings is 2. The predicted molar refractivity (Wildman–Crippen MR) is 248 cm³/mol. The molecule has 0 amide bonds. The summed E-state index contributed by atoms with van der Waals surface area (Å²) in [7, 11) is 0. The van der Waals surface area contributed by atoms with Gasteiger partial charge in [0.2, 0.25) is 0 Å². The number of nitrogens with one attached hydrogen (secondary N) is 4. The molecule has 0 radical (unpaired) electrons. The minimum Gasteiger partial charge on any atom is -0.389 e. The zero-order valence-corrected chi connectivity index (χ0v) is 36.3. The summed E-state index contributed by atoms with van der Waals surface area (Å²) in [5, 5.41) is 9.34. The van der Waals surface area contributed by atoms with Crippen molar-refractivity contribution in [3.63, 3.8) is 0 Å². The number of H-pyrrole nitrogens is 2. The van der Waals surface area contributed by atoms with Gasteiger partial charge in [0.15, 0.2) is 0 Å². The lowest BCUT2D eigenvalue weighted by molar-refractivity contribution is 0.278. The Balaban J connectivity index is 0.000000313. The van der Waals surface area contributed by atoms with Crippen LogP contribution in [0.2, 0.25) is 0 Å². The predicted octanol–water partition coefficient (Wildman–Crippen LogP) is 12.1. The second-order valence-corrected chi connectivity index (χ2v) is 16.7. The van der Waals surface area contributed by atoms with Crippen LogP contribution in [-0.4, -0.2) is 62.0 Å². The highest BCUT2D eigenvalue weighted by molar-refractivity contribution is 5.91. The van der Waals surface area contributed by atoms with Gasteiger partial charge in [0.05, 0.1) is 41.3 Å². The number of hydrogen-bond donors (Lipinski definition) is 4. The first-order valence-corrected chi connectivity index (χ1v) is 21.7. The molecule has 0 saturated carbocycles. The molecule has 58 heavy (non-hydrogen) atoms. The molecule has 0 aliphatic carbocycles. The minimum absolute atomic E-state index is 0.183. The number of allylic oxidation sites excluding steroid dienone is 2. The Morgan fingerprint density at radius 2 is 1.52 bits per heavy atom. The highest BCUT2D eigenvalue weighted by atomic mass is 15.2. The molecule has 8 nitrogen and oxygen atoms in total. The van der Waals surface area contributed by atoms with Crippen LogP contribution in [-0.2, 0) is 0 Å². The van der Waals surface area contributed by atoms with Crippen LogP contribution in [0.1, 0.15) is 105 Å². The maximum absolute atomic E-state index is 5.06. The Morgan fingerprint density at radius 1 is 0.845 bits per heavy atom. The van der Waals surface area contributed by atoms with Gasteiger partial charge in [-0.15, -0.1) is 0 Å². The summed E-state index contributed by atoms with van der Waals surface area (Å²) in [6, 6.07) is 20.1. The van der Waals surface area contributed by atoms with Crippen molar-refractivity contribution >= 4 is 21.8 Å². The monoisotopic (exact) mass is 783 g/mol. The molecule has 2 aliphatic heterocycles. The number of hydrogen-bond acceptors (Lipinski definition) is 6. The molecule has 2 fully saturated rings. The molecular formula is C50H70N8. The quantitative estimate of drug-likeness (QED) is 0.0797. The number of nitrogens with zero attached hydrogens (tertiary/aromatic N) is 4. The van der Waals surface area contributed by atoms with E-state index in [1.165, 1.54) is 54.3 Å². The fourth-order valence-corrected chi connectivity index (χ4v) is 7.65. The van der Waals surface area contributed by atoms with Crippen LogP contribution in [0.3, 0.4) is 0 Å². The fourth-order valence-electron chi connectivity index (χ4n) is 7.65. The molecule has 3 aromatic carbocycles. The lowest BCUT2D eigenvalue weighted by Gasteiger charge is -2.34. The molecule has 8 heteroatoms. The van der Waals surface area contributed by atoms with Crippen molar-refractivity contribution in [2.45, 2.75) is 105 Å². The van der Waals surface area contributed by atoms with Crippen molar-refractivity contribution in [1.82, 2.24) is 40.4 Å². The number of rotatable bonds is 16. The van der Waals surface area contributed by atoms with E-state index in [0.29, 0.717) is 5.92 Å². The maximum atomic E-state index is 5.06. The van der Waals surface area contributed by atoms with E-state index in [1.54, 1.807) is 6.33 Å². The molecule has 2 aliphatic rings. The second kappa shape index (κ2) is 21.5. The van der Waals surface area contributed by atoms with E-state index in [2.05, 4.69) is 158 Å². The van der Waals surface area contributed by atoms with Gasteiger partial charge >= 0.3 is 0 Å². The molecule has 0 bridgehead atoms. The summed E-state index contributed by atoms with van der Waals surface area (Å²) in [6.45, 7) is 34.1. The van der Waals surface area contributed by atoms with Crippen LogP contribution >= 0.6 is 0 Å². The van der Waals surface area contributed by atoms with Crippen molar-refractivity contribution in [3.05, 3.63) is 123 Å². The van der Waals surface area contributed by atoms with Gasteiger partial charge in [0.25, 0.3) is 0 Å². The molecular weight excluding hydrogens is 713 g/mol. The molecule has 4 heterocycles. The van der Waals surface area contributed by atoms with E-state index in [4.69, 9.17) is 4.98 Å². The molecule has 0 unspecified atom stereocenters. The van der Waals surface area contributed by atoms with Crippen LogP contribution in [0.15, 0.2) is 117 Å². The Bertz CT molecular complexity index is 2080. The van der Waals surface area contributed by atoms with E-state index < -0.39 is 0 Å². The van der Waals surface area contributed by atoms with E-state index >= 15 is 0 Å². The van der Waals surface area contributed by atoms with Gasteiger partial charge in [-0.05, 0) is 116 Å². The number of benzene rings is 3. The van der Waals surface area contributed by atoms with Gasteiger partial charge in [-0.3, -0.25) is 0 Å². The molecule has 4 N–H and O–H groups in total. The largest absolute Gasteiger partial charge is 0.389 e. The zero-order valence-electron chi connectivity index (χ0n) is 36.3. The normalized spacial score (nSPS) is 15.6. The van der Waals surface area contributed by atoms with E-state index in [0.717, 1.165) is 96.3 Å². The maximum Gasteiger partial charge on any atom is 0.130 e. The standard InChI is InChI=1S/C35H40N6.C9H19N.C6H11N/c1-6-23(4)38-31(16-22(2)3)24(5)41-15-7-8-34(41)35-39-30-14-13-28(19-32(30)40-35)26-9-10-27-18-29(12-11-25(27)17-26)33-20-36-21-37-33;1-5-9(4)10-7-6-8(2)3;1-2-7-5-3-4-6-7/h9-14,17-22,31,34,38H,4-8,15-16H2,1-3H3,(H,36,37)(H,39,40);8,10H,4-7H2,1-3H3;2H,1,3-6H2/t31-,34-;;/m0../s1. The smallest absolute Gasteiger partial charge is 0.130 e. The zero-order chi connectivity index (χ0) is 41.6. The third-order valence-electron chi connectivity index (χ3n) is 11.3. The molecule has 310 valence electrons. The van der Waals surface area contributed by atoms with Crippen molar-refractivity contribution in [2.75, 3.05) is 26.2 Å². The highest BCUT2D eigenvalue weighted by Crippen LogP contribution is 2.37. The van der Waals surface area contributed by atoms with Crippen molar-refractivity contribution in [2.24, 2.45) is 11.8 Å². The molecule has 7 rings (SSSR count). The van der Waals surface area contributed by atoms with Gasteiger partial charge in [-0.25, -0.2) is 9.97 Å². The average Bonchev–Trinajstić information content (AvgIpc) is 4.07. The van der Waals surface area contributed by atoms with Crippen molar-refractivity contribution < 1.29 is 0 Å². The third-order valence-corrected chi connectivity index (χ3v) is 11.3. The molecule has 2 saturated heterocycles.